The predicted octanol–water partition coefficient (Wildman–Crippen LogP) is 1.15. The summed E-state index contributed by atoms with van der Waals surface area (Å²) < 4.78 is 4.71. The molecule has 0 spiro atoms. The highest BCUT2D eigenvalue weighted by Gasteiger charge is 2.15. The molecule has 23 heavy (non-hydrogen) atoms. The molecule has 122 valence electrons. The number of carbonyl (C=O) groups is 2. The molecule has 0 heterocycles. The fourth-order valence-electron chi connectivity index (χ4n) is 2.12. The van der Waals surface area contributed by atoms with E-state index in [-0.39, 0.29) is 12.5 Å². The minimum atomic E-state index is -0.856. The van der Waals surface area contributed by atoms with Crippen molar-refractivity contribution in [2.45, 2.75) is 11.9 Å². The fourth-order valence-corrected chi connectivity index (χ4v) is 2.50. The van der Waals surface area contributed by atoms with Crippen molar-refractivity contribution in [2.75, 3.05) is 13.7 Å². The van der Waals surface area contributed by atoms with Crippen molar-refractivity contribution in [3.63, 3.8) is 0 Å². The molecule has 0 aliphatic heterocycles. The molecular weight excluding hydrogens is 314 g/mol. The monoisotopic (exact) mass is 333 g/mol. The van der Waals surface area contributed by atoms with E-state index in [4.69, 9.17) is 9.92 Å². The second-order valence-electron chi connectivity index (χ2n) is 4.82. The molecular formula is C16H19N3O3S. The fraction of sp³-hybridized carbons (Fsp3) is 0.250. The first-order valence-corrected chi connectivity index (χ1v) is 7.88. The van der Waals surface area contributed by atoms with E-state index in [0.29, 0.717) is 6.54 Å². The van der Waals surface area contributed by atoms with Gasteiger partial charge in [-0.3, -0.25) is 9.59 Å². The maximum absolute atomic E-state index is 11.8. The van der Waals surface area contributed by atoms with Crippen LogP contribution < -0.4 is 16.4 Å². The van der Waals surface area contributed by atoms with Gasteiger partial charge in [-0.2, -0.15) is 0 Å². The average molecular weight is 333 g/mol. The van der Waals surface area contributed by atoms with Crippen molar-refractivity contribution in [2.24, 2.45) is 5.73 Å². The predicted molar refractivity (Wildman–Crippen MR) is 91.4 cm³/mol. The van der Waals surface area contributed by atoms with Gasteiger partial charge in [0.05, 0.1) is 13.7 Å². The van der Waals surface area contributed by atoms with Crippen molar-refractivity contribution in [1.82, 2.24) is 10.6 Å². The van der Waals surface area contributed by atoms with Gasteiger partial charge in [0, 0.05) is 18.6 Å². The smallest absolute Gasteiger partial charge is 0.250 e. The van der Waals surface area contributed by atoms with Crippen LogP contribution in [0.1, 0.15) is 5.56 Å². The van der Waals surface area contributed by atoms with Gasteiger partial charge >= 0.3 is 0 Å². The summed E-state index contributed by atoms with van der Waals surface area (Å²) in [5.41, 5.74) is 6.56. The van der Waals surface area contributed by atoms with Crippen LogP contribution in [0, 0.1) is 0 Å². The number of hydrogen-bond donors (Lipinski definition) is 3. The molecule has 0 saturated carbocycles. The molecule has 2 rings (SSSR count). The van der Waals surface area contributed by atoms with E-state index in [0.717, 1.165) is 28.4 Å². The van der Waals surface area contributed by atoms with Crippen molar-refractivity contribution in [1.29, 1.82) is 0 Å². The summed E-state index contributed by atoms with van der Waals surface area (Å²) in [6.45, 7) is 0.274. The van der Waals surface area contributed by atoms with Gasteiger partial charge in [-0.15, -0.1) is 0 Å². The molecule has 0 aliphatic carbocycles. The SMILES string of the molecule is COSC(N)C(=O)NCC(=O)NCc1cccc2ccccc12. The van der Waals surface area contributed by atoms with E-state index in [9.17, 15) is 9.59 Å². The Kier molecular flexibility index (Phi) is 6.40. The van der Waals surface area contributed by atoms with Gasteiger partial charge in [0.1, 0.15) is 0 Å². The molecule has 0 radical (unpaired) electrons. The Morgan fingerprint density at radius 3 is 2.70 bits per heavy atom. The summed E-state index contributed by atoms with van der Waals surface area (Å²) in [6.07, 6.45) is 0. The standard InChI is InChI=1S/C16H19N3O3S/c1-22-23-15(17)16(21)19-10-14(20)18-9-12-7-4-6-11-5-2-3-8-13(11)12/h2-8,15H,9-10,17H2,1H3,(H,18,20)(H,19,21). The lowest BCUT2D eigenvalue weighted by Crippen LogP contribution is -2.43. The molecule has 0 aromatic heterocycles. The van der Waals surface area contributed by atoms with E-state index in [1.165, 1.54) is 7.11 Å². The third-order valence-electron chi connectivity index (χ3n) is 3.24. The lowest BCUT2D eigenvalue weighted by Gasteiger charge is -2.11. The van der Waals surface area contributed by atoms with Crippen LogP contribution in [0.15, 0.2) is 42.5 Å². The first-order valence-electron chi connectivity index (χ1n) is 7.08. The summed E-state index contributed by atoms with van der Waals surface area (Å²) in [4.78, 5) is 23.4. The minimum absolute atomic E-state index is 0.123. The molecule has 0 aliphatic rings. The number of carbonyl (C=O) groups excluding carboxylic acids is 2. The van der Waals surface area contributed by atoms with Crippen LogP contribution in [-0.2, 0) is 20.3 Å². The Hall–Kier alpha value is -2.09. The Morgan fingerprint density at radius 2 is 1.91 bits per heavy atom. The zero-order valence-corrected chi connectivity index (χ0v) is 13.6. The zero-order valence-electron chi connectivity index (χ0n) is 12.7. The molecule has 1 unspecified atom stereocenters. The number of rotatable bonds is 7. The maximum Gasteiger partial charge on any atom is 0.250 e. The summed E-state index contributed by atoms with van der Waals surface area (Å²) in [6, 6.07) is 13.9. The van der Waals surface area contributed by atoms with Gasteiger partial charge in [-0.05, 0) is 16.3 Å². The summed E-state index contributed by atoms with van der Waals surface area (Å²) >= 11 is 0.837. The van der Waals surface area contributed by atoms with Crippen LogP contribution in [0.4, 0.5) is 0 Å². The van der Waals surface area contributed by atoms with Crippen LogP contribution >= 0.6 is 12.0 Å². The maximum atomic E-state index is 11.8. The average Bonchev–Trinajstić information content (AvgIpc) is 2.57. The highest BCUT2D eigenvalue weighted by molar-refractivity contribution is 7.95. The number of fused-ring (bicyclic) bond motifs is 1. The largest absolute Gasteiger partial charge is 0.350 e. The first-order chi connectivity index (χ1) is 11.1. The second-order valence-corrected chi connectivity index (χ2v) is 5.85. The van der Waals surface area contributed by atoms with Crippen molar-refractivity contribution in [3.05, 3.63) is 48.0 Å². The normalized spacial score (nSPS) is 11.9. The summed E-state index contributed by atoms with van der Waals surface area (Å²) in [5.74, 6) is -0.724. The molecule has 2 aromatic carbocycles. The number of benzene rings is 2. The molecule has 2 amide bonds. The lowest BCUT2D eigenvalue weighted by atomic mass is 10.0. The van der Waals surface area contributed by atoms with Crippen molar-refractivity contribution >= 4 is 34.6 Å². The number of nitrogens with one attached hydrogen (secondary N) is 2. The second kappa shape index (κ2) is 8.52. The molecule has 1 atom stereocenters. The third-order valence-corrected chi connectivity index (χ3v) is 3.85. The topological polar surface area (TPSA) is 93.4 Å². The number of amides is 2. The molecule has 7 heteroatoms. The Bertz CT molecular complexity index is 688. The van der Waals surface area contributed by atoms with Gasteiger partial charge in [0.25, 0.3) is 0 Å². The molecule has 0 saturated heterocycles. The van der Waals surface area contributed by atoms with Gasteiger partial charge in [-0.25, -0.2) is 0 Å². The van der Waals surface area contributed by atoms with Crippen LogP contribution in [0.3, 0.4) is 0 Å². The van der Waals surface area contributed by atoms with E-state index >= 15 is 0 Å². The van der Waals surface area contributed by atoms with Crippen LogP contribution in [0.5, 0.6) is 0 Å². The quantitative estimate of drug-likeness (QED) is 0.522. The Labute approximate surface area is 139 Å². The Morgan fingerprint density at radius 1 is 1.17 bits per heavy atom. The molecule has 0 fully saturated rings. The molecule has 4 N–H and O–H groups in total. The third kappa shape index (κ3) is 4.95. The lowest BCUT2D eigenvalue weighted by molar-refractivity contribution is -0.125. The van der Waals surface area contributed by atoms with Gasteiger partial charge in [0.15, 0.2) is 5.37 Å². The van der Waals surface area contributed by atoms with Crippen LogP contribution in [0.2, 0.25) is 0 Å². The van der Waals surface area contributed by atoms with Gasteiger partial charge in [0.2, 0.25) is 11.8 Å². The van der Waals surface area contributed by atoms with E-state index in [2.05, 4.69) is 10.6 Å². The Balaban J connectivity index is 1.85. The molecule has 2 aromatic rings. The zero-order chi connectivity index (χ0) is 16.7. The van der Waals surface area contributed by atoms with E-state index in [1.807, 2.05) is 42.5 Å². The van der Waals surface area contributed by atoms with Gasteiger partial charge in [-0.1, -0.05) is 42.5 Å². The number of nitrogens with two attached hydrogens (primary N) is 1. The van der Waals surface area contributed by atoms with Crippen LogP contribution in [-0.4, -0.2) is 30.8 Å². The van der Waals surface area contributed by atoms with Crippen molar-refractivity contribution < 1.29 is 13.8 Å². The number of hydrogen-bond acceptors (Lipinski definition) is 5. The van der Waals surface area contributed by atoms with Crippen molar-refractivity contribution in [3.8, 4) is 0 Å². The molecule has 0 bridgehead atoms. The van der Waals surface area contributed by atoms with Crippen LogP contribution in [0.25, 0.3) is 10.8 Å². The highest BCUT2D eigenvalue weighted by Crippen LogP contribution is 2.18. The highest BCUT2D eigenvalue weighted by atomic mass is 32.2. The molecule has 6 nitrogen and oxygen atoms in total. The minimum Gasteiger partial charge on any atom is -0.350 e. The van der Waals surface area contributed by atoms with E-state index < -0.39 is 11.3 Å². The van der Waals surface area contributed by atoms with E-state index in [1.54, 1.807) is 0 Å². The first kappa shape index (κ1) is 17.3. The van der Waals surface area contributed by atoms with Gasteiger partial charge < -0.3 is 20.6 Å². The summed E-state index contributed by atoms with van der Waals surface area (Å²) in [5, 5.41) is 6.61. The summed E-state index contributed by atoms with van der Waals surface area (Å²) in [7, 11) is 1.43.